The summed E-state index contributed by atoms with van der Waals surface area (Å²) >= 11 is 0. The third kappa shape index (κ3) is 4.87. The maximum Gasteiger partial charge on any atom is 0.354 e. The van der Waals surface area contributed by atoms with Gasteiger partial charge in [-0.2, -0.15) is 0 Å². The summed E-state index contributed by atoms with van der Waals surface area (Å²) in [5.74, 6) is -0.986. The normalized spacial score (nSPS) is 11.8. The third-order valence-corrected chi connectivity index (χ3v) is 4.77. The summed E-state index contributed by atoms with van der Waals surface area (Å²) in [5, 5.41) is 2.69. The van der Waals surface area contributed by atoms with Crippen LogP contribution in [0.25, 0.3) is 11.8 Å². The number of nitrogens with one attached hydrogen (secondary N) is 1. The van der Waals surface area contributed by atoms with E-state index in [1.54, 1.807) is 18.2 Å². The van der Waals surface area contributed by atoms with Gasteiger partial charge in [-0.1, -0.05) is 51.1 Å². The molecule has 0 unspecified atom stereocenters. The van der Waals surface area contributed by atoms with E-state index in [0.717, 1.165) is 16.9 Å². The molecule has 1 heterocycles. The van der Waals surface area contributed by atoms with Crippen molar-refractivity contribution < 1.29 is 14.3 Å². The van der Waals surface area contributed by atoms with Gasteiger partial charge in [-0.25, -0.2) is 4.79 Å². The zero-order valence-electron chi connectivity index (χ0n) is 17.7. The minimum Gasteiger partial charge on any atom is -0.464 e. The van der Waals surface area contributed by atoms with Gasteiger partial charge in [-0.05, 0) is 53.5 Å². The van der Waals surface area contributed by atoms with Crippen molar-refractivity contribution in [1.29, 1.82) is 0 Å². The van der Waals surface area contributed by atoms with E-state index in [4.69, 9.17) is 4.74 Å². The highest BCUT2D eigenvalue weighted by atomic mass is 16.5. The lowest BCUT2D eigenvalue weighted by Gasteiger charge is -2.19. The van der Waals surface area contributed by atoms with Gasteiger partial charge in [0.25, 0.3) is 5.91 Å². The summed E-state index contributed by atoms with van der Waals surface area (Å²) in [6.45, 7) is 6.34. The molecular weight excluding hydrogens is 376 g/mol. The van der Waals surface area contributed by atoms with Gasteiger partial charge in [-0.3, -0.25) is 4.79 Å². The fraction of sp³-hybridized carbons (Fsp3) is 0.200. The van der Waals surface area contributed by atoms with E-state index in [9.17, 15) is 9.59 Å². The molecular formula is C25H26N2O3. The van der Waals surface area contributed by atoms with Crippen LogP contribution in [-0.4, -0.2) is 23.6 Å². The average Bonchev–Trinajstić information content (AvgIpc) is 3.21. The first-order valence-electron chi connectivity index (χ1n) is 9.74. The molecule has 0 spiro atoms. The predicted octanol–water partition coefficient (Wildman–Crippen LogP) is 4.72. The number of carbonyl (C=O) groups excluding carboxylic acids is 2. The van der Waals surface area contributed by atoms with E-state index in [-0.39, 0.29) is 17.0 Å². The van der Waals surface area contributed by atoms with Gasteiger partial charge in [0.1, 0.15) is 5.70 Å². The van der Waals surface area contributed by atoms with Gasteiger partial charge in [0, 0.05) is 23.1 Å². The van der Waals surface area contributed by atoms with Gasteiger partial charge in [-0.15, -0.1) is 0 Å². The van der Waals surface area contributed by atoms with Crippen molar-refractivity contribution in [3.8, 4) is 5.69 Å². The number of rotatable bonds is 5. The Kier molecular flexibility index (Phi) is 6.21. The number of hydrogen-bond donors (Lipinski definition) is 1. The molecule has 0 atom stereocenters. The molecule has 1 aromatic heterocycles. The van der Waals surface area contributed by atoms with Crippen molar-refractivity contribution in [3.63, 3.8) is 0 Å². The second-order valence-electron chi connectivity index (χ2n) is 7.97. The number of aromatic nitrogens is 1. The standard InChI is InChI=1S/C25H26N2O3/c1-25(2,3)19-14-12-18(13-15-19)23(28)26-22(24(29)30-4)17-21-11-8-16-27(21)20-9-6-5-7-10-20/h5-17H,1-4H3,(H,26,28)/b22-17+. The van der Waals surface area contributed by atoms with Crippen molar-refractivity contribution in [3.05, 3.63) is 95.4 Å². The number of esters is 1. The van der Waals surface area contributed by atoms with Crippen LogP contribution in [0.3, 0.4) is 0 Å². The van der Waals surface area contributed by atoms with E-state index >= 15 is 0 Å². The highest BCUT2D eigenvalue weighted by Crippen LogP contribution is 2.22. The fourth-order valence-corrected chi connectivity index (χ4v) is 3.06. The van der Waals surface area contributed by atoms with E-state index in [1.165, 1.54) is 7.11 Å². The molecule has 0 aliphatic carbocycles. The van der Waals surface area contributed by atoms with E-state index in [0.29, 0.717) is 5.56 Å². The molecule has 3 rings (SSSR count). The number of hydrogen-bond acceptors (Lipinski definition) is 3. The third-order valence-electron chi connectivity index (χ3n) is 4.77. The van der Waals surface area contributed by atoms with Crippen LogP contribution in [0.5, 0.6) is 0 Å². The Hall–Kier alpha value is -3.60. The summed E-state index contributed by atoms with van der Waals surface area (Å²) in [7, 11) is 1.29. The number of amides is 1. The Labute approximate surface area is 177 Å². The van der Waals surface area contributed by atoms with Crippen molar-refractivity contribution in [1.82, 2.24) is 9.88 Å². The van der Waals surface area contributed by atoms with Gasteiger partial charge >= 0.3 is 5.97 Å². The quantitative estimate of drug-likeness (QED) is 0.496. The molecule has 0 aliphatic rings. The fourth-order valence-electron chi connectivity index (χ4n) is 3.06. The first-order chi connectivity index (χ1) is 14.3. The summed E-state index contributed by atoms with van der Waals surface area (Å²) in [4.78, 5) is 25.1. The topological polar surface area (TPSA) is 60.3 Å². The number of carbonyl (C=O) groups is 2. The SMILES string of the molecule is COC(=O)/C(=C\c1cccn1-c1ccccc1)NC(=O)c1ccc(C(C)(C)C)cc1. The molecule has 0 aliphatic heterocycles. The van der Waals surface area contributed by atoms with Crippen molar-refractivity contribution in [2.75, 3.05) is 7.11 Å². The van der Waals surface area contributed by atoms with E-state index < -0.39 is 5.97 Å². The summed E-state index contributed by atoms with van der Waals surface area (Å²) in [6.07, 6.45) is 3.50. The Morgan fingerprint density at radius 1 is 0.933 bits per heavy atom. The van der Waals surface area contributed by atoms with E-state index in [2.05, 4.69) is 26.1 Å². The lowest BCUT2D eigenvalue weighted by molar-refractivity contribution is -0.136. The number of nitrogens with zero attached hydrogens (tertiary/aromatic N) is 1. The minimum atomic E-state index is -0.615. The molecule has 154 valence electrons. The van der Waals surface area contributed by atoms with Gasteiger partial charge in [0.15, 0.2) is 0 Å². The summed E-state index contributed by atoms with van der Waals surface area (Å²) in [5.41, 5.74) is 3.35. The minimum absolute atomic E-state index is 0.00503. The van der Waals surface area contributed by atoms with Gasteiger partial charge < -0.3 is 14.6 Å². The average molecular weight is 402 g/mol. The predicted molar refractivity (Wildman–Crippen MR) is 118 cm³/mol. The van der Waals surface area contributed by atoms with Crippen LogP contribution in [0, 0.1) is 0 Å². The maximum atomic E-state index is 12.8. The largest absolute Gasteiger partial charge is 0.464 e. The van der Waals surface area contributed by atoms with Crippen molar-refractivity contribution >= 4 is 18.0 Å². The Balaban J connectivity index is 1.88. The molecule has 3 aromatic rings. The smallest absolute Gasteiger partial charge is 0.354 e. The lowest BCUT2D eigenvalue weighted by Crippen LogP contribution is -2.28. The van der Waals surface area contributed by atoms with Crippen molar-refractivity contribution in [2.24, 2.45) is 0 Å². The first kappa shape index (κ1) is 21.1. The second kappa shape index (κ2) is 8.82. The zero-order chi connectivity index (χ0) is 21.7. The van der Waals surface area contributed by atoms with Crippen LogP contribution in [-0.2, 0) is 14.9 Å². The number of ether oxygens (including phenoxy) is 1. The van der Waals surface area contributed by atoms with Crippen LogP contribution in [0.15, 0.2) is 78.6 Å². The molecule has 30 heavy (non-hydrogen) atoms. The first-order valence-corrected chi connectivity index (χ1v) is 9.74. The van der Waals surface area contributed by atoms with Crippen LogP contribution in [0.1, 0.15) is 42.4 Å². The molecule has 0 saturated carbocycles. The molecule has 0 bridgehead atoms. The highest BCUT2D eigenvalue weighted by molar-refractivity contribution is 6.03. The zero-order valence-corrected chi connectivity index (χ0v) is 17.7. The van der Waals surface area contributed by atoms with Gasteiger partial charge in [0.05, 0.1) is 7.11 Å². The van der Waals surface area contributed by atoms with Crippen LogP contribution in [0.2, 0.25) is 0 Å². The number of para-hydroxylation sites is 1. The molecule has 1 N–H and O–H groups in total. The Morgan fingerprint density at radius 3 is 2.20 bits per heavy atom. The monoisotopic (exact) mass is 402 g/mol. The molecule has 0 saturated heterocycles. The number of benzene rings is 2. The lowest BCUT2D eigenvalue weighted by atomic mass is 9.87. The second-order valence-corrected chi connectivity index (χ2v) is 7.97. The van der Waals surface area contributed by atoms with Crippen LogP contribution >= 0.6 is 0 Å². The van der Waals surface area contributed by atoms with Crippen LogP contribution < -0.4 is 5.32 Å². The highest BCUT2D eigenvalue weighted by Gasteiger charge is 2.18. The molecule has 5 heteroatoms. The Morgan fingerprint density at radius 2 is 1.60 bits per heavy atom. The molecule has 2 aromatic carbocycles. The van der Waals surface area contributed by atoms with Crippen LogP contribution in [0.4, 0.5) is 0 Å². The molecule has 0 fully saturated rings. The summed E-state index contributed by atoms with van der Waals surface area (Å²) < 4.78 is 6.80. The molecule has 0 radical (unpaired) electrons. The van der Waals surface area contributed by atoms with Gasteiger partial charge in [0.2, 0.25) is 0 Å². The Bertz CT molecular complexity index is 1060. The van der Waals surface area contributed by atoms with Crippen molar-refractivity contribution in [2.45, 2.75) is 26.2 Å². The molecule has 5 nitrogen and oxygen atoms in total. The van der Waals surface area contributed by atoms with E-state index in [1.807, 2.05) is 65.4 Å². The summed E-state index contributed by atoms with van der Waals surface area (Å²) in [6, 6.07) is 20.9. The maximum absolute atomic E-state index is 12.8. The number of methoxy groups -OCH3 is 1. The molecule has 1 amide bonds.